The van der Waals surface area contributed by atoms with Crippen molar-refractivity contribution in [3.05, 3.63) is 71.4 Å². The predicted octanol–water partition coefficient (Wildman–Crippen LogP) is 3.99. The molecule has 1 aliphatic rings. The number of ether oxygens (including phenoxy) is 1. The van der Waals surface area contributed by atoms with Crippen molar-refractivity contribution in [2.75, 3.05) is 13.1 Å². The molecule has 0 aliphatic carbocycles. The Morgan fingerprint density at radius 1 is 1.13 bits per heavy atom. The Bertz CT molecular complexity index is 1010. The first-order valence-corrected chi connectivity index (χ1v) is 10.3. The van der Waals surface area contributed by atoms with Gasteiger partial charge >= 0.3 is 6.09 Å². The average Bonchev–Trinajstić information content (AvgIpc) is 3.16. The molecular weight excluding hydrogens is 380 g/mol. The lowest BCUT2D eigenvalue weighted by Gasteiger charge is -2.26. The van der Waals surface area contributed by atoms with Crippen molar-refractivity contribution >= 4 is 23.3 Å². The fourth-order valence-electron chi connectivity index (χ4n) is 4.09. The molecule has 4 rings (SSSR count). The lowest BCUT2D eigenvalue weighted by molar-refractivity contribution is -0.112. The van der Waals surface area contributed by atoms with Crippen molar-refractivity contribution in [1.29, 1.82) is 0 Å². The number of carbonyl (C=O) groups is 2. The Morgan fingerprint density at radius 3 is 2.70 bits per heavy atom. The zero-order chi connectivity index (χ0) is 20.9. The molecule has 1 aromatic heterocycles. The predicted molar refractivity (Wildman–Crippen MR) is 114 cm³/mol. The number of amides is 1. The number of aldehydes is 1. The number of nitrogens with zero attached hydrogens (tertiary/aromatic N) is 1. The second kappa shape index (κ2) is 9.13. The summed E-state index contributed by atoms with van der Waals surface area (Å²) in [5.41, 5.74) is 3.61. The lowest BCUT2D eigenvalue weighted by atomic mass is 9.94. The summed E-state index contributed by atoms with van der Waals surface area (Å²) in [4.78, 5) is 29.3. The Labute approximate surface area is 175 Å². The standard InChI is InChI=1S/C24H26N2O4/c27-15-18-10-12-26(24(29)30-16-17-6-2-1-3-7-17)13-11-20-19-8-4-5-9-21(19)25-23(20)22(28)14-18/h1-9,15,18,22,25,28H,10-14,16H2/t18-,22-/m1/s1. The molecule has 30 heavy (non-hydrogen) atoms. The fraction of sp³-hybridized carbons (Fsp3) is 0.333. The summed E-state index contributed by atoms with van der Waals surface area (Å²) in [5, 5.41) is 11.8. The number of hydrogen-bond acceptors (Lipinski definition) is 4. The number of nitrogens with one attached hydrogen (secondary N) is 1. The smallest absolute Gasteiger partial charge is 0.410 e. The molecule has 1 amide bonds. The molecule has 0 fully saturated rings. The summed E-state index contributed by atoms with van der Waals surface area (Å²) >= 11 is 0. The van der Waals surface area contributed by atoms with Gasteiger partial charge in [0.05, 0.1) is 6.10 Å². The molecule has 0 bridgehead atoms. The fourth-order valence-corrected chi connectivity index (χ4v) is 4.09. The van der Waals surface area contributed by atoms with Crippen molar-refractivity contribution in [2.45, 2.75) is 32.0 Å². The molecule has 156 valence electrons. The number of fused-ring (bicyclic) bond motifs is 3. The van der Waals surface area contributed by atoms with Crippen molar-refractivity contribution in [3.8, 4) is 0 Å². The Hall–Kier alpha value is -3.12. The van der Waals surface area contributed by atoms with Crippen LogP contribution in [0.3, 0.4) is 0 Å². The molecule has 0 radical (unpaired) electrons. The second-order valence-electron chi connectivity index (χ2n) is 7.78. The van der Waals surface area contributed by atoms with Crippen molar-refractivity contribution in [1.82, 2.24) is 9.88 Å². The zero-order valence-electron chi connectivity index (χ0n) is 16.8. The Kier molecular flexibility index (Phi) is 6.14. The molecule has 1 aliphatic heterocycles. The molecule has 2 aromatic carbocycles. The van der Waals surface area contributed by atoms with E-state index in [-0.39, 0.29) is 18.6 Å². The number of aromatic amines is 1. The van der Waals surface area contributed by atoms with Gasteiger partial charge in [-0.05, 0) is 36.5 Å². The molecule has 6 nitrogen and oxygen atoms in total. The van der Waals surface area contributed by atoms with E-state index >= 15 is 0 Å². The van der Waals surface area contributed by atoms with Gasteiger partial charge in [0.1, 0.15) is 12.9 Å². The SMILES string of the molecule is O=C[C@@H]1CCN(C(=O)OCc2ccccc2)CCc2c([nH]c3ccccc23)[C@H](O)C1. The molecule has 2 N–H and O–H groups in total. The highest BCUT2D eigenvalue weighted by Gasteiger charge is 2.26. The highest BCUT2D eigenvalue weighted by Crippen LogP contribution is 2.32. The molecule has 6 heteroatoms. The van der Waals surface area contributed by atoms with Gasteiger partial charge in [-0.15, -0.1) is 0 Å². The van der Waals surface area contributed by atoms with Gasteiger partial charge in [-0.1, -0.05) is 48.5 Å². The van der Waals surface area contributed by atoms with Gasteiger partial charge in [0.25, 0.3) is 0 Å². The first-order chi connectivity index (χ1) is 14.7. The van der Waals surface area contributed by atoms with Crippen LogP contribution in [0.15, 0.2) is 54.6 Å². The van der Waals surface area contributed by atoms with Crippen LogP contribution >= 0.6 is 0 Å². The van der Waals surface area contributed by atoms with Crippen molar-refractivity contribution < 1.29 is 19.4 Å². The van der Waals surface area contributed by atoms with Crippen LogP contribution in [0.2, 0.25) is 0 Å². The van der Waals surface area contributed by atoms with Crippen LogP contribution in [0.25, 0.3) is 10.9 Å². The van der Waals surface area contributed by atoms with Crippen molar-refractivity contribution in [2.24, 2.45) is 5.92 Å². The van der Waals surface area contributed by atoms with E-state index in [0.717, 1.165) is 34.0 Å². The number of H-pyrrole nitrogens is 1. The van der Waals surface area contributed by atoms with Crippen molar-refractivity contribution in [3.63, 3.8) is 0 Å². The van der Waals surface area contributed by atoms with Gasteiger partial charge in [0, 0.05) is 35.6 Å². The molecule has 0 unspecified atom stereocenters. The van der Waals surface area contributed by atoms with Gasteiger partial charge in [-0.25, -0.2) is 4.79 Å². The number of rotatable bonds is 3. The molecule has 0 saturated carbocycles. The molecule has 2 atom stereocenters. The normalized spacial score (nSPS) is 19.8. The van der Waals surface area contributed by atoms with Gasteiger partial charge in [-0.2, -0.15) is 0 Å². The number of hydrogen-bond donors (Lipinski definition) is 2. The molecule has 2 heterocycles. The van der Waals surface area contributed by atoms with E-state index in [4.69, 9.17) is 4.74 Å². The number of carbonyl (C=O) groups excluding carboxylic acids is 2. The van der Waals surface area contributed by atoms with Crippen LogP contribution in [-0.2, 0) is 22.6 Å². The van der Waals surface area contributed by atoms with Gasteiger partial charge in [0.2, 0.25) is 0 Å². The van der Waals surface area contributed by atoms with Crippen LogP contribution in [0, 0.1) is 5.92 Å². The van der Waals surface area contributed by atoms with E-state index in [1.807, 2.05) is 54.6 Å². The maximum atomic E-state index is 12.8. The first kappa shape index (κ1) is 20.2. The minimum Gasteiger partial charge on any atom is -0.445 e. The van der Waals surface area contributed by atoms with Gasteiger partial charge in [-0.3, -0.25) is 0 Å². The summed E-state index contributed by atoms with van der Waals surface area (Å²) in [7, 11) is 0. The summed E-state index contributed by atoms with van der Waals surface area (Å²) < 4.78 is 5.52. The minimum atomic E-state index is -0.737. The molecule has 0 saturated heterocycles. The zero-order valence-corrected chi connectivity index (χ0v) is 16.8. The van der Waals surface area contributed by atoms with Crippen LogP contribution in [0.4, 0.5) is 4.79 Å². The third-order valence-corrected chi connectivity index (χ3v) is 5.76. The highest BCUT2D eigenvalue weighted by atomic mass is 16.6. The maximum Gasteiger partial charge on any atom is 0.410 e. The third-order valence-electron chi connectivity index (χ3n) is 5.76. The van der Waals surface area contributed by atoms with E-state index in [2.05, 4.69) is 4.98 Å². The van der Waals surface area contributed by atoms with E-state index in [9.17, 15) is 14.7 Å². The molecular formula is C24H26N2O4. The van der Waals surface area contributed by atoms with Crippen LogP contribution in [0.5, 0.6) is 0 Å². The maximum absolute atomic E-state index is 12.8. The highest BCUT2D eigenvalue weighted by molar-refractivity contribution is 5.85. The number of aliphatic hydroxyl groups excluding tert-OH is 1. The van der Waals surface area contributed by atoms with Crippen LogP contribution in [0.1, 0.15) is 35.8 Å². The van der Waals surface area contributed by atoms with E-state index in [0.29, 0.717) is 32.4 Å². The summed E-state index contributed by atoms with van der Waals surface area (Å²) in [5.74, 6) is -0.332. The largest absolute Gasteiger partial charge is 0.445 e. The van der Waals surface area contributed by atoms with E-state index < -0.39 is 6.10 Å². The average molecular weight is 406 g/mol. The first-order valence-electron chi connectivity index (χ1n) is 10.3. The number of para-hydroxylation sites is 1. The molecule has 3 aromatic rings. The second-order valence-corrected chi connectivity index (χ2v) is 7.78. The summed E-state index contributed by atoms with van der Waals surface area (Å²) in [6.07, 6.45) is 1.18. The topological polar surface area (TPSA) is 82.6 Å². The van der Waals surface area contributed by atoms with Gasteiger partial charge < -0.3 is 24.5 Å². The van der Waals surface area contributed by atoms with Crippen LogP contribution in [-0.4, -0.2) is 40.5 Å². The minimum absolute atomic E-state index is 0.213. The van der Waals surface area contributed by atoms with Gasteiger partial charge in [0.15, 0.2) is 0 Å². The Balaban J connectivity index is 1.56. The number of benzene rings is 2. The lowest BCUT2D eigenvalue weighted by Crippen LogP contribution is -2.36. The van der Waals surface area contributed by atoms with E-state index in [1.54, 1.807) is 4.90 Å². The quantitative estimate of drug-likeness (QED) is 0.645. The summed E-state index contributed by atoms with van der Waals surface area (Å²) in [6, 6.07) is 17.5. The van der Waals surface area contributed by atoms with Crippen LogP contribution < -0.4 is 0 Å². The number of aromatic nitrogens is 1. The summed E-state index contributed by atoms with van der Waals surface area (Å²) in [6.45, 7) is 1.09. The monoisotopic (exact) mass is 406 g/mol. The van der Waals surface area contributed by atoms with E-state index in [1.165, 1.54) is 0 Å². The number of aliphatic hydroxyl groups is 1. The molecule has 0 spiro atoms. The Morgan fingerprint density at radius 2 is 1.90 bits per heavy atom. The third kappa shape index (κ3) is 4.39.